The van der Waals surface area contributed by atoms with Crippen LogP contribution in [0, 0.1) is 19.3 Å². The van der Waals surface area contributed by atoms with Gasteiger partial charge in [-0.25, -0.2) is 9.24 Å². The van der Waals surface area contributed by atoms with Gasteiger partial charge in [0.15, 0.2) is 0 Å². The molecule has 7 heteroatoms. The lowest BCUT2D eigenvalue weighted by atomic mass is 10.0. The van der Waals surface area contributed by atoms with Crippen LogP contribution in [0.25, 0.3) is 4.85 Å². The van der Waals surface area contributed by atoms with Gasteiger partial charge in [0.05, 0.1) is 17.8 Å². The zero-order valence-electron chi connectivity index (χ0n) is 16.5. The third kappa shape index (κ3) is 3.27. The number of hydrogen-bond acceptors (Lipinski definition) is 3. The summed E-state index contributed by atoms with van der Waals surface area (Å²) in [6.45, 7) is 11.5. The molecule has 1 amide bonds. The molecule has 0 bridgehead atoms. The molecule has 150 valence electrons. The van der Waals surface area contributed by atoms with Crippen molar-refractivity contribution in [2.24, 2.45) is 0 Å². The van der Waals surface area contributed by atoms with Gasteiger partial charge in [-0.1, -0.05) is 18.5 Å². The zero-order chi connectivity index (χ0) is 21.4. The van der Waals surface area contributed by atoms with Crippen LogP contribution in [0.15, 0.2) is 48.8 Å². The van der Waals surface area contributed by atoms with Gasteiger partial charge in [-0.05, 0) is 60.9 Å². The minimum absolute atomic E-state index is 0.214. The first-order chi connectivity index (χ1) is 14.4. The van der Waals surface area contributed by atoms with Gasteiger partial charge in [0.1, 0.15) is 12.5 Å². The fourth-order valence-corrected chi connectivity index (χ4v) is 3.93. The number of amides is 1. The molecule has 5 nitrogen and oxygen atoms in total. The van der Waals surface area contributed by atoms with E-state index in [-0.39, 0.29) is 29.1 Å². The molecule has 4 rings (SSSR count). The van der Waals surface area contributed by atoms with E-state index in [1.807, 2.05) is 18.7 Å². The van der Waals surface area contributed by atoms with Gasteiger partial charge < -0.3 is 4.90 Å². The average Bonchev–Trinajstić information content (AvgIpc) is 2.75. The smallest absolute Gasteiger partial charge is 0.261 e. The normalized spacial score (nSPS) is 13.2. The lowest BCUT2D eigenvalue weighted by molar-refractivity contribution is 0.0983. The number of aromatic nitrogens is 1. The van der Waals surface area contributed by atoms with Crippen LogP contribution in [0.5, 0.6) is 0 Å². The van der Waals surface area contributed by atoms with Crippen molar-refractivity contribution < 1.29 is 9.18 Å². The first kappa shape index (κ1) is 19.9. The molecule has 0 spiro atoms. The lowest BCUT2D eigenvalue weighted by Gasteiger charge is -2.39. The van der Waals surface area contributed by atoms with Crippen molar-refractivity contribution in [1.29, 1.82) is 0 Å². The molecule has 0 unspecified atom stereocenters. The number of pyridine rings is 1. The maximum atomic E-state index is 13.9. The van der Waals surface area contributed by atoms with Gasteiger partial charge in [-0.3, -0.25) is 14.7 Å². The van der Waals surface area contributed by atoms with Gasteiger partial charge >= 0.3 is 0 Å². The predicted octanol–water partition coefficient (Wildman–Crippen LogP) is 6.05. The highest BCUT2D eigenvalue weighted by molar-refractivity contribution is 6.34. The van der Waals surface area contributed by atoms with Crippen LogP contribution in [-0.2, 0) is 6.42 Å². The van der Waals surface area contributed by atoms with E-state index < -0.39 is 0 Å². The summed E-state index contributed by atoms with van der Waals surface area (Å²) in [7, 11) is 0. The van der Waals surface area contributed by atoms with Crippen LogP contribution < -0.4 is 9.80 Å². The predicted molar refractivity (Wildman–Crippen MR) is 116 cm³/mol. The summed E-state index contributed by atoms with van der Waals surface area (Å²) >= 11 is 6.26. The van der Waals surface area contributed by atoms with Gasteiger partial charge in [0.2, 0.25) is 5.69 Å². The van der Waals surface area contributed by atoms with Crippen LogP contribution in [0.4, 0.5) is 27.1 Å². The van der Waals surface area contributed by atoms with Crippen molar-refractivity contribution in [3.63, 3.8) is 0 Å². The Morgan fingerprint density at radius 2 is 1.97 bits per heavy atom. The Bertz CT molecular complexity index is 1200. The number of halogens is 2. The number of aryl methyl sites for hydroxylation is 2. The van der Waals surface area contributed by atoms with E-state index >= 15 is 0 Å². The van der Waals surface area contributed by atoms with Crippen molar-refractivity contribution in [3.8, 4) is 0 Å². The highest BCUT2D eigenvalue weighted by atomic mass is 35.5. The highest BCUT2D eigenvalue weighted by Gasteiger charge is 2.33. The molecule has 3 aromatic rings. The number of nitrogens with zero attached hydrogens (tertiary/aromatic N) is 4. The number of rotatable bonds is 3. The first-order valence-electron chi connectivity index (χ1n) is 9.44. The van der Waals surface area contributed by atoms with Crippen molar-refractivity contribution in [3.05, 3.63) is 87.7 Å². The second-order valence-corrected chi connectivity index (χ2v) is 7.43. The summed E-state index contributed by atoms with van der Waals surface area (Å²) in [5, 5.41) is 0.222. The van der Waals surface area contributed by atoms with Gasteiger partial charge in [-0.2, -0.15) is 0 Å². The van der Waals surface area contributed by atoms with E-state index in [0.29, 0.717) is 17.7 Å². The van der Waals surface area contributed by atoms with Crippen molar-refractivity contribution in [2.75, 3.05) is 16.5 Å². The lowest BCUT2D eigenvalue weighted by Crippen LogP contribution is -2.45. The molecule has 1 aliphatic rings. The first-order valence-corrected chi connectivity index (χ1v) is 9.81. The maximum absolute atomic E-state index is 13.9. The molecule has 2 heterocycles. The summed E-state index contributed by atoms with van der Waals surface area (Å²) in [4.78, 5) is 24.6. The van der Waals surface area contributed by atoms with E-state index in [9.17, 15) is 9.18 Å². The van der Waals surface area contributed by atoms with Gasteiger partial charge in [0.25, 0.3) is 5.91 Å². The molecule has 30 heavy (non-hydrogen) atoms. The fourth-order valence-electron chi connectivity index (χ4n) is 3.72. The molecule has 1 aliphatic heterocycles. The zero-order valence-corrected chi connectivity index (χ0v) is 17.2. The molecule has 1 aromatic heterocycles. The molecule has 0 N–H and O–H groups in total. The minimum atomic E-state index is -0.316. The number of anilines is 3. The molecule has 0 atom stereocenters. The van der Waals surface area contributed by atoms with E-state index in [0.717, 1.165) is 22.5 Å². The number of carbonyl (C=O) groups is 1. The topological polar surface area (TPSA) is 40.8 Å². The molecule has 0 radical (unpaired) electrons. The molecule has 2 aromatic carbocycles. The van der Waals surface area contributed by atoms with Crippen LogP contribution in [0.2, 0.25) is 5.02 Å². The monoisotopic (exact) mass is 420 g/mol. The number of hydrogen-bond donors (Lipinski definition) is 0. The molecule has 0 saturated heterocycles. The van der Waals surface area contributed by atoms with Crippen LogP contribution in [0.1, 0.15) is 28.4 Å². The third-order valence-corrected chi connectivity index (χ3v) is 5.53. The molecular formula is C23H18ClFN4O. The third-order valence-electron chi connectivity index (χ3n) is 5.23. The Morgan fingerprint density at radius 1 is 1.17 bits per heavy atom. The quantitative estimate of drug-likeness (QED) is 0.484. The van der Waals surface area contributed by atoms with Crippen molar-refractivity contribution in [1.82, 2.24) is 4.98 Å². The van der Waals surface area contributed by atoms with E-state index in [4.69, 9.17) is 18.2 Å². The molecular weight excluding hydrogens is 403 g/mol. The van der Waals surface area contributed by atoms with E-state index in [2.05, 4.69) is 9.83 Å². The maximum Gasteiger partial charge on any atom is 0.261 e. The Hall–Kier alpha value is -3.43. The van der Waals surface area contributed by atoms with Crippen LogP contribution >= 0.6 is 11.6 Å². The second kappa shape index (κ2) is 7.77. The summed E-state index contributed by atoms with van der Waals surface area (Å²) in [5.41, 5.74) is 4.41. The largest absolute Gasteiger partial charge is 0.323 e. The summed E-state index contributed by atoms with van der Waals surface area (Å²) < 4.78 is 13.9. The van der Waals surface area contributed by atoms with Gasteiger partial charge in [-0.15, -0.1) is 0 Å². The van der Waals surface area contributed by atoms with Gasteiger partial charge in [0, 0.05) is 28.8 Å². The molecule has 0 fully saturated rings. The van der Waals surface area contributed by atoms with E-state index in [1.54, 1.807) is 35.5 Å². The molecule has 0 aliphatic carbocycles. The Labute approximate surface area is 179 Å². The average molecular weight is 421 g/mol. The number of fused-ring (bicyclic) bond motifs is 1. The second-order valence-electron chi connectivity index (χ2n) is 7.02. The number of benzene rings is 2. The fraction of sp³-hybridized carbons (Fsp3) is 0.174. The van der Waals surface area contributed by atoms with E-state index in [1.165, 1.54) is 18.2 Å². The highest BCUT2D eigenvalue weighted by Crippen LogP contribution is 2.42. The van der Waals surface area contributed by atoms with Crippen LogP contribution in [0.3, 0.4) is 0 Å². The minimum Gasteiger partial charge on any atom is -0.323 e. The standard InChI is InChI=1S/C23H18ClFN4O/c1-4-15-9-16(25)5-6-21(15)28-13-29(20-7-8-27-12-14(20)2)23(30)17-10-18(24)19(26-3)11-22(17)28/h5-12H,4,13H2,1-2H3. The van der Waals surface area contributed by atoms with Crippen LogP contribution in [-0.4, -0.2) is 17.6 Å². The summed E-state index contributed by atoms with van der Waals surface area (Å²) in [6, 6.07) is 9.56. The summed E-state index contributed by atoms with van der Waals surface area (Å²) in [5.74, 6) is -0.530. The van der Waals surface area contributed by atoms with Crippen molar-refractivity contribution in [2.45, 2.75) is 20.3 Å². The molecule has 0 saturated carbocycles. The Kier molecular flexibility index (Phi) is 5.15. The SMILES string of the molecule is [C-]#[N+]c1cc2c(cc1Cl)C(=O)N(c1ccncc1C)CN2c1ccc(F)cc1CC. The Morgan fingerprint density at radius 3 is 2.67 bits per heavy atom. The number of carbonyl (C=O) groups excluding carboxylic acids is 1. The Balaban J connectivity index is 1.96. The van der Waals surface area contributed by atoms with Crippen molar-refractivity contribution >= 4 is 40.3 Å². The summed E-state index contributed by atoms with van der Waals surface area (Å²) in [6.07, 6.45) is 3.96.